The highest BCUT2D eigenvalue weighted by Crippen LogP contribution is 2.30. The third kappa shape index (κ3) is 4.60. The minimum Gasteiger partial charge on any atom is -0.465 e. The van der Waals surface area contributed by atoms with E-state index in [4.69, 9.17) is 9.63 Å². The predicted molar refractivity (Wildman–Crippen MR) is 104 cm³/mol. The maximum absolute atomic E-state index is 13.8. The van der Waals surface area contributed by atoms with Gasteiger partial charge in [0.1, 0.15) is 5.82 Å². The number of amides is 1. The van der Waals surface area contributed by atoms with Gasteiger partial charge in [-0.3, -0.25) is 4.90 Å². The number of rotatable bonds is 5. The van der Waals surface area contributed by atoms with Crippen molar-refractivity contribution < 1.29 is 23.2 Å². The van der Waals surface area contributed by atoms with Gasteiger partial charge < -0.3 is 19.8 Å². The SMILES string of the molecule is O=C(O)N[C@H]1CC[C@H](CCN2CCN(c3noc4c(F)cc(F)cc34)CC2)CC1. The fourth-order valence-corrected chi connectivity index (χ4v) is 4.50. The monoisotopic (exact) mass is 408 g/mol. The van der Waals surface area contributed by atoms with Crippen molar-refractivity contribution in [1.29, 1.82) is 0 Å². The van der Waals surface area contributed by atoms with Gasteiger partial charge in [0.15, 0.2) is 11.6 Å². The van der Waals surface area contributed by atoms with E-state index in [-0.39, 0.29) is 11.6 Å². The largest absolute Gasteiger partial charge is 0.465 e. The van der Waals surface area contributed by atoms with E-state index in [0.29, 0.717) is 17.1 Å². The van der Waals surface area contributed by atoms with Crippen LogP contribution in [0.2, 0.25) is 0 Å². The average molecular weight is 408 g/mol. The summed E-state index contributed by atoms with van der Waals surface area (Å²) in [5.41, 5.74) is -0.00294. The lowest BCUT2D eigenvalue weighted by Gasteiger charge is -2.36. The van der Waals surface area contributed by atoms with E-state index in [2.05, 4.69) is 15.4 Å². The summed E-state index contributed by atoms with van der Waals surface area (Å²) in [6, 6.07) is 2.17. The summed E-state index contributed by atoms with van der Waals surface area (Å²) < 4.78 is 32.5. The van der Waals surface area contributed by atoms with Crippen molar-refractivity contribution >= 4 is 22.9 Å². The average Bonchev–Trinajstić information content (AvgIpc) is 3.11. The van der Waals surface area contributed by atoms with Gasteiger partial charge in [-0.2, -0.15) is 0 Å². The van der Waals surface area contributed by atoms with Crippen LogP contribution in [0.1, 0.15) is 32.1 Å². The van der Waals surface area contributed by atoms with Crippen LogP contribution in [0.3, 0.4) is 0 Å². The van der Waals surface area contributed by atoms with Gasteiger partial charge in [0.05, 0.1) is 5.39 Å². The number of carboxylic acid groups (broad SMARTS) is 1. The molecule has 0 unspecified atom stereocenters. The van der Waals surface area contributed by atoms with Crippen LogP contribution < -0.4 is 10.2 Å². The van der Waals surface area contributed by atoms with Gasteiger partial charge in [0, 0.05) is 38.3 Å². The molecule has 2 aromatic rings. The highest BCUT2D eigenvalue weighted by molar-refractivity contribution is 5.89. The lowest BCUT2D eigenvalue weighted by molar-refractivity contribution is 0.177. The zero-order valence-electron chi connectivity index (χ0n) is 16.2. The second kappa shape index (κ2) is 8.52. The summed E-state index contributed by atoms with van der Waals surface area (Å²) >= 11 is 0. The summed E-state index contributed by atoms with van der Waals surface area (Å²) in [7, 11) is 0. The molecule has 4 rings (SSSR count). The molecule has 1 aliphatic carbocycles. The van der Waals surface area contributed by atoms with E-state index in [9.17, 15) is 13.6 Å². The van der Waals surface area contributed by atoms with Crippen molar-refractivity contribution in [3.63, 3.8) is 0 Å². The number of halogens is 2. The van der Waals surface area contributed by atoms with E-state index < -0.39 is 17.7 Å². The number of nitrogens with one attached hydrogen (secondary N) is 1. The Morgan fingerprint density at radius 2 is 1.90 bits per heavy atom. The van der Waals surface area contributed by atoms with Crippen LogP contribution in [0.15, 0.2) is 16.7 Å². The molecule has 1 amide bonds. The first-order valence-electron chi connectivity index (χ1n) is 10.2. The van der Waals surface area contributed by atoms with Crippen LogP contribution in [-0.4, -0.2) is 60.0 Å². The highest BCUT2D eigenvalue weighted by atomic mass is 19.1. The smallest absolute Gasteiger partial charge is 0.404 e. The van der Waals surface area contributed by atoms with Crippen LogP contribution in [0.25, 0.3) is 11.0 Å². The van der Waals surface area contributed by atoms with Crippen LogP contribution in [0.5, 0.6) is 0 Å². The van der Waals surface area contributed by atoms with E-state index in [1.165, 1.54) is 6.07 Å². The number of carbonyl (C=O) groups is 1. The van der Waals surface area contributed by atoms with Gasteiger partial charge in [-0.25, -0.2) is 13.6 Å². The fourth-order valence-electron chi connectivity index (χ4n) is 4.50. The van der Waals surface area contributed by atoms with Gasteiger partial charge in [-0.1, -0.05) is 5.16 Å². The lowest BCUT2D eigenvalue weighted by Crippen LogP contribution is -2.47. The Labute approximate surface area is 167 Å². The van der Waals surface area contributed by atoms with E-state index in [0.717, 1.165) is 70.9 Å². The molecule has 158 valence electrons. The van der Waals surface area contributed by atoms with Gasteiger partial charge >= 0.3 is 6.09 Å². The molecule has 7 nitrogen and oxygen atoms in total. The topological polar surface area (TPSA) is 81.8 Å². The summed E-state index contributed by atoms with van der Waals surface area (Å²) in [5.74, 6) is -0.218. The Morgan fingerprint density at radius 3 is 2.59 bits per heavy atom. The van der Waals surface area contributed by atoms with Crippen molar-refractivity contribution in [3.05, 3.63) is 23.8 Å². The molecular formula is C20H26F2N4O3. The van der Waals surface area contributed by atoms with Crippen LogP contribution >= 0.6 is 0 Å². The molecule has 1 aromatic heterocycles. The predicted octanol–water partition coefficient (Wildman–Crippen LogP) is 3.44. The van der Waals surface area contributed by atoms with Crippen molar-refractivity contribution in [1.82, 2.24) is 15.4 Å². The molecule has 2 aliphatic rings. The minimum absolute atomic E-state index is 0.00294. The van der Waals surface area contributed by atoms with Gasteiger partial charge in [0.25, 0.3) is 0 Å². The Hall–Kier alpha value is -2.42. The number of hydrogen-bond acceptors (Lipinski definition) is 5. The standard InChI is InChI=1S/C20H26F2N4O3/c21-14-11-16-18(17(22)12-14)29-24-19(16)26-9-7-25(8-10-26)6-5-13-1-3-15(4-2-13)23-20(27)28/h11-13,15,23H,1-10H2,(H,27,28)/t13-,15-. The maximum atomic E-state index is 13.8. The van der Waals surface area contributed by atoms with Crippen molar-refractivity contribution in [2.75, 3.05) is 37.6 Å². The summed E-state index contributed by atoms with van der Waals surface area (Å²) in [6.07, 6.45) is 4.13. The minimum atomic E-state index is -0.934. The number of fused-ring (bicyclic) bond motifs is 1. The third-order valence-corrected chi connectivity index (χ3v) is 6.17. The molecule has 0 spiro atoms. The van der Waals surface area contributed by atoms with Crippen molar-refractivity contribution in [2.24, 2.45) is 5.92 Å². The summed E-state index contributed by atoms with van der Waals surface area (Å²) in [4.78, 5) is 15.2. The lowest BCUT2D eigenvalue weighted by atomic mass is 9.84. The molecule has 1 saturated carbocycles. The van der Waals surface area contributed by atoms with Gasteiger partial charge in [-0.05, 0) is 50.6 Å². The molecule has 0 radical (unpaired) electrons. The highest BCUT2D eigenvalue weighted by Gasteiger charge is 2.25. The number of nitrogens with zero attached hydrogens (tertiary/aromatic N) is 3. The molecule has 9 heteroatoms. The van der Waals surface area contributed by atoms with E-state index >= 15 is 0 Å². The normalized spacial score (nSPS) is 23.4. The third-order valence-electron chi connectivity index (χ3n) is 6.17. The van der Waals surface area contributed by atoms with Crippen molar-refractivity contribution in [2.45, 2.75) is 38.1 Å². The molecule has 0 atom stereocenters. The van der Waals surface area contributed by atoms with Gasteiger partial charge in [-0.15, -0.1) is 0 Å². The molecule has 1 aliphatic heterocycles. The van der Waals surface area contributed by atoms with Crippen LogP contribution in [0.4, 0.5) is 19.4 Å². The fraction of sp³-hybridized carbons (Fsp3) is 0.600. The number of hydrogen-bond donors (Lipinski definition) is 2. The first kappa shape index (κ1) is 19.9. The summed E-state index contributed by atoms with van der Waals surface area (Å²) in [6.45, 7) is 4.20. The molecule has 2 fully saturated rings. The quantitative estimate of drug-likeness (QED) is 0.789. The van der Waals surface area contributed by atoms with E-state index in [1.807, 2.05) is 4.90 Å². The molecule has 2 N–H and O–H groups in total. The Balaban J connectivity index is 1.25. The van der Waals surface area contributed by atoms with Crippen LogP contribution in [0, 0.1) is 17.6 Å². The Morgan fingerprint density at radius 1 is 1.17 bits per heavy atom. The molecule has 29 heavy (non-hydrogen) atoms. The summed E-state index contributed by atoms with van der Waals surface area (Å²) in [5, 5.41) is 15.7. The first-order valence-corrected chi connectivity index (χ1v) is 10.2. The first-order chi connectivity index (χ1) is 14.0. The zero-order valence-corrected chi connectivity index (χ0v) is 16.2. The maximum Gasteiger partial charge on any atom is 0.404 e. The zero-order chi connectivity index (χ0) is 20.4. The molecule has 1 saturated heterocycles. The second-order valence-corrected chi connectivity index (χ2v) is 8.05. The molecular weight excluding hydrogens is 382 g/mol. The number of piperazine rings is 1. The van der Waals surface area contributed by atoms with E-state index in [1.54, 1.807) is 0 Å². The Bertz CT molecular complexity index is 859. The van der Waals surface area contributed by atoms with Crippen molar-refractivity contribution in [3.8, 4) is 0 Å². The second-order valence-electron chi connectivity index (χ2n) is 8.05. The number of benzene rings is 1. The molecule has 2 heterocycles. The molecule has 1 aromatic carbocycles. The Kier molecular flexibility index (Phi) is 5.84. The molecule has 0 bridgehead atoms. The number of aromatic nitrogens is 1. The van der Waals surface area contributed by atoms with Gasteiger partial charge in [0.2, 0.25) is 5.58 Å². The van der Waals surface area contributed by atoms with Crippen LogP contribution in [-0.2, 0) is 0 Å². The number of anilines is 1.